The predicted molar refractivity (Wildman–Crippen MR) is 30.5 cm³/mol. The van der Waals surface area contributed by atoms with Crippen LogP contribution in [-0.2, 0) is 4.79 Å². The van der Waals surface area contributed by atoms with Gasteiger partial charge in [-0.25, -0.2) is 0 Å². The highest BCUT2D eigenvalue weighted by Gasteiger charge is 1.88. The zero-order valence-corrected chi connectivity index (χ0v) is 4.93. The Morgan fingerprint density at radius 1 is 1.75 bits per heavy atom. The van der Waals surface area contributed by atoms with E-state index in [1.807, 2.05) is 0 Å². The fraction of sp³-hybridized carbons (Fsp3) is 0.400. The second-order valence-electron chi connectivity index (χ2n) is 1.40. The summed E-state index contributed by atoms with van der Waals surface area (Å²) in [6.45, 7) is 1.44. The van der Waals surface area contributed by atoms with E-state index in [0.29, 0.717) is 0 Å². The maximum Gasteiger partial charge on any atom is 0.247 e. The van der Waals surface area contributed by atoms with Crippen molar-refractivity contribution in [3.63, 3.8) is 0 Å². The molecular formula is C5H9NO2. The van der Waals surface area contributed by atoms with Crippen LogP contribution in [0.15, 0.2) is 11.8 Å². The van der Waals surface area contributed by atoms with Crippen molar-refractivity contribution in [2.24, 2.45) is 0 Å². The molecule has 3 heteroatoms. The van der Waals surface area contributed by atoms with E-state index < -0.39 is 0 Å². The highest BCUT2D eigenvalue weighted by Crippen LogP contribution is 1.80. The molecule has 0 saturated heterocycles. The van der Waals surface area contributed by atoms with Crippen LogP contribution in [0.25, 0.3) is 0 Å². The minimum absolute atomic E-state index is 0.0179. The number of carbonyl (C=O) groups excluding carboxylic acids is 1. The van der Waals surface area contributed by atoms with Crippen LogP contribution in [0.1, 0.15) is 6.92 Å². The van der Waals surface area contributed by atoms with Gasteiger partial charge in [-0.15, -0.1) is 0 Å². The fourth-order valence-corrected chi connectivity index (χ4v) is 0.262. The zero-order chi connectivity index (χ0) is 6.57. The largest absolute Gasteiger partial charge is 0.512 e. The molecule has 0 aliphatic rings. The quantitative estimate of drug-likeness (QED) is 0.378. The molecular weight excluding hydrogens is 106 g/mol. The second-order valence-corrected chi connectivity index (χ2v) is 1.40. The molecule has 0 fully saturated rings. The Morgan fingerprint density at radius 3 is 2.38 bits per heavy atom. The third kappa shape index (κ3) is 3.21. The molecule has 0 aliphatic carbocycles. The molecule has 3 nitrogen and oxygen atoms in total. The Hall–Kier alpha value is -0.990. The fourth-order valence-electron chi connectivity index (χ4n) is 0.262. The minimum Gasteiger partial charge on any atom is -0.512 e. The van der Waals surface area contributed by atoms with Crippen LogP contribution in [0, 0.1) is 0 Å². The Labute approximate surface area is 48.0 Å². The van der Waals surface area contributed by atoms with Gasteiger partial charge in [0.1, 0.15) is 0 Å². The summed E-state index contributed by atoms with van der Waals surface area (Å²) in [6.07, 6.45) is 1.11. The van der Waals surface area contributed by atoms with Crippen molar-refractivity contribution >= 4 is 5.91 Å². The number of aliphatic hydroxyl groups is 1. The Kier molecular flexibility index (Phi) is 2.69. The second kappa shape index (κ2) is 3.07. The first kappa shape index (κ1) is 7.01. The molecule has 1 amide bonds. The number of rotatable bonds is 1. The zero-order valence-electron chi connectivity index (χ0n) is 4.93. The Balaban J connectivity index is 3.70. The van der Waals surface area contributed by atoms with E-state index in [1.54, 1.807) is 0 Å². The van der Waals surface area contributed by atoms with E-state index in [1.165, 1.54) is 14.0 Å². The summed E-state index contributed by atoms with van der Waals surface area (Å²) < 4.78 is 0. The van der Waals surface area contributed by atoms with E-state index in [-0.39, 0.29) is 11.7 Å². The van der Waals surface area contributed by atoms with Crippen molar-refractivity contribution in [3.05, 3.63) is 11.8 Å². The van der Waals surface area contributed by atoms with E-state index in [4.69, 9.17) is 5.11 Å². The number of nitrogens with one attached hydrogen (secondary N) is 1. The van der Waals surface area contributed by atoms with Gasteiger partial charge in [-0.05, 0) is 6.92 Å². The molecule has 0 aromatic rings. The van der Waals surface area contributed by atoms with Crippen LogP contribution in [0.4, 0.5) is 0 Å². The first-order valence-electron chi connectivity index (χ1n) is 2.26. The van der Waals surface area contributed by atoms with Crippen LogP contribution >= 0.6 is 0 Å². The van der Waals surface area contributed by atoms with Gasteiger partial charge in [0.05, 0.1) is 5.76 Å². The smallest absolute Gasteiger partial charge is 0.247 e. The van der Waals surface area contributed by atoms with Crippen molar-refractivity contribution in [1.29, 1.82) is 0 Å². The van der Waals surface area contributed by atoms with Crippen molar-refractivity contribution in [3.8, 4) is 0 Å². The molecule has 0 bridgehead atoms. The number of amides is 1. The van der Waals surface area contributed by atoms with Crippen molar-refractivity contribution in [2.45, 2.75) is 6.92 Å². The van der Waals surface area contributed by atoms with Crippen LogP contribution < -0.4 is 5.32 Å². The van der Waals surface area contributed by atoms with Crippen LogP contribution in [-0.4, -0.2) is 18.1 Å². The third-order valence-electron chi connectivity index (χ3n) is 0.586. The lowest BCUT2D eigenvalue weighted by Gasteiger charge is -1.88. The third-order valence-corrected chi connectivity index (χ3v) is 0.586. The molecule has 2 N–H and O–H groups in total. The summed E-state index contributed by atoms with van der Waals surface area (Å²) in [5.74, 6) is -0.269. The standard InChI is InChI=1S/C5H9NO2/c1-4(7)3-5(8)6-2/h3,7H,1-2H3,(H,6,8). The summed E-state index contributed by atoms with van der Waals surface area (Å²) in [5, 5.41) is 10.8. The summed E-state index contributed by atoms with van der Waals surface area (Å²) >= 11 is 0. The number of aliphatic hydroxyl groups excluding tert-OH is 1. The molecule has 0 aromatic carbocycles. The van der Waals surface area contributed by atoms with Crippen LogP contribution in [0.2, 0.25) is 0 Å². The van der Waals surface area contributed by atoms with Gasteiger partial charge >= 0.3 is 0 Å². The van der Waals surface area contributed by atoms with Gasteiger partial charge in [-0.3, -0.25) is 4.79 Å². The number of carbonyl (C=O) groups is 1. The van der Waals surface area contributed by atoms with Gasteiger partial charge in [0.25, 0.3) is 0 Å². The van der Waals surface area contributed by atoms with Crippen molar-refractivity contribution in [1.82, 2.24) is 5.32 Å². The lowest BCUT2D eigenvalue weighted by molar-refractivity contribution is -0.116. The highest BCUT2D eigenvalue weighted by molar-refractivity contribution is 5.87. The number of likely N-dealkylation sites (N-methyl/N-ethyl adjacent to an activating group) is 1. The average molecular weight is 115 g/mol. The lowest BCUT2D eigenvalue weighted by Crippen LogP contribution is -2.14. The molecule has 0 atom stereocenters. The van der Waals surface area contributed by atoms with Gasteiger partial charge in [0, 0.05) is 13.1 Å². The minimum atomic E-state index is -0.287. The monoisotopic (exact) mass is 115 g/mol. The number of allylic oxidation sites excluding steroid dienone is 1. The van der Waals surface area contributed by atoms with Crippen molar-refractivity contribution in [2.75, 3.05) is 7.05 Å². The number of hydrogen-bond acceptors (Lipinski definition) is 2. The van der Waals surface area contributed by atoms with Gasteiger partial charge in [0.15, 0.2) is 0 Å². The van der Waals surface area contributed by atoms with Gasteiger partial charge in [0.2, 0.25) is 5.91 Å². The van der Waals surface area contributed by atoms with Crippen LogP contribution in [0.5, 0.6) is 0 Å². The van der Waals surface area contributed by atoms with E-state index >= 15 is 0 Å². The molecule has 8 heavy (non-hydrogen) atoms. The molecule has 0 heterocycles. The van der Waals surface area contributed by atoms with Gasteiger partial charge in [-0.2, -0.15) is 0 Å². The summed E-state index contributed by atoms with van der Waals surface area (Å²) in [4.78, 5) is 10.3. The summed E-state index contributed by atoms with van der Waals surface area (Å²) in [7, 11) is 1.50. The molecule has 0 spiro atoms. The first-order valence-corrected chi connectivity index (χ1v) is 2.26. The average Bonchev–Trinajstić information content (AvgIpc) is 1.65. The molecule has 46 valence electrons. The van der Waals surface area contributed by atoms with Crippen molar-refractivity contribution < 1.29 is 9.90 Å². The SMILES string of the molecule is CNC(=O)C=C(C)O. The molecule has 0 unspecified atom stereocenters. The summed E-state index contributed by atoms with van der Waals surface area (Å²) in [5.41, 5.74) is 0. The van der Waals surface area contributed by atoms with Gasteiger partial charge in [-0.1, -0.05) is 0 Å². The first-order chi connectivity index (χ1) is 3.66. The Bertz CT molecular complexity index is 114. The van der Waals surface area contributed by atoms with E-state index in [9.17, 15) is 4.79 Å². The van der Waals surface area contributed by atoms with Crippen LogP contribution in [0.3, 0.4) is 0 Å². The molecule has 0 rings (SSSR count). The molecule has 0 aliphatic heterocycles. The normalized spacial score (nSPS) is 11.0. The topological polar surface area (TPSA) is 49.3 Å². The molecule has 0 radical (unpaired) electrons. The number of hydrogen-bond donors (Lipinski definition) is 2. The molecule has 0 aromatic heterocycles. The maximum absolute atomic E-state index is 10.3. The maximum atomic E-state index is 10.3. The van der Waals surface area contributed by atoms with E-state index in [2.05, 4.69) is 5.32 Å². The van der Waals surface area contributed by atoms with Gasteiger partial charge < -0.3 is 10.4 Å². The Morgan fingerprint density at radius 2 is 2.25 bits per heavy atom. The lowest BCUT2D eigenvalue weighted by atomic mass is 10.5. The molecule has 0 saturated carbocycles. The highest BCUT2D eigenvalue weighted by atomic mass is 16.3. The van der Waals surface area contributed by atoms with E-state index in [0.717, 1.165) is 6.08 Å². The summed E-state index contributed by atoms with van der Waals surface area (Å²) in [6, 6.07) is 0. The predicted octanol–water partition coefficient (Wildman–Crippen LogP) is 0.194.